The third-order valence-corrected chi connectivity index (χ3v) is 6.19. The summed E-state index contributed by atoms with van der Waals surface area (Å²) >= 11 is 1.35. The molecule has 0 bridgehead atoms. The van der Waals surface area contributed by atoms with Gasteiger partial charge in [-0.15, -0.1) is 16.8 Å². The van der Waals surface area contributed by atoms with E-state index in [9.17, 15) is 9.59 Å². The van der Waals surface area contributed by atoms with Gasteiger partial charge in [-0.3, -0.25) is 18.6 Å². The second-order valence-electron chi connectivity index (χ2n) is 7.09. The number of aromatic nitrogens is 4. The van der Waals surface area contributed by atoms with E-state index in [1.807, 2.05) is 29.5 Å². The number of allylic oxidation sites excluding steroid dienone is 1. The summed E-state index contributed by atoms with van der Waals surface area (Å²) in [6, 6.07) is 7.66. The molecule has 3 aromatic rings. The number of thioether (sulfide) groups is 1. The van der Waals surface area contributed by atoms with Crippen molar-refractivity contribution in [1.82, 2.24) is 24.5 Å². The van der Waals surface area contributed by atoms with Crippen LogP contribution in [-0.4, -0.2) is 36.4 Å². The molecule has 0 spiro atoms. The first kappa shape index (κ1) is 18.7. The van der Waals surface area contributed by atoms with E-state index in [0.717, 1.165) is 18.4 Å². The lowest BCUT2D eigenvalue weighted by atomic mass is 10.2. The molecule has 0 radical (unpaired) electrons. The smallest absolute Gasteiger partial charge is 0.263 e. The van der Waals surface area contributed by atoms with E-state index >= 15 is 0 Å². The molecule has 1 aromatic carbocycles. The van der Waals surface area contributed by atoms with Gasteiger partial charge in [0.15, 0.2) is 5.16 Å². The summed E-state index contributed by atoms with van der Waals surface area (Å²) in [6.07, 6.45) is 6.11. The lowest BCUT2D eigenvalue weighted by molar-refractivity contribution is -0.120. The van der Waals surface area contributed by atoms with Gasteiger partial charge in [0.1, 0.15) is 0 Å². The minimum absolute atomic E-state index is 0.0115. The Hall–Kier alpha value is -2.61. The van der Waals surface area contributed by atoms with Gasteiger partial charge in [-0.2, -0.15) is 0 Å². The van der Waals surface area contributed by atoms with Gasteiger partial charge in [-0.25, -0.2) is 0 Å². The van der Waals surface area contributed by atoms with Crippen molar-refractivity contribution >= 4 is 34.3 Å². The SMILES string of the molecule is C=CCn1c(=O)c2ccccc2n2c(S[C@H](C)C(=O)NC3CCCC3)nnc12. The molecular weight excluding hydrogens is 374 g/mol. The lowest BCUT2D eigenvalue weighted by Gasteiger charge is -2.16. The van der Waals surface area contributed by atoms with Gasteiger partial charge < -0.3 is 5.32 Å². The highest BCUT2D eigenvalue weighted by Gasteiger charge is 2.24. The predicted molar refractivity (Wildman–Crippen MR) is 111 cm³/mol. The maximum Gasteiger partial charge on any atom is 0.263 e. The maximum atomic E-state index is 12.8. The molecule has 7 nitrogen and oxygen atoms in total. The van der Waals surface area contributed by atoms with Crippen LogP contribution in [0.25, 0.3) is 16.7 Å². The zero-order valence-corrected chi connectivity index (χ0v) is 16.6. The molecule has 1 N–H and O–H groups in total. The second-order valence-corrected chi connectivity index (χ2v) is 8.40. The van der Waals surface area contributed by atoms with Crippen molar-refractivity contribution < 1.29 is 4.79 Å². The number of nitrogens with zero attached hydrogens (tertiary/aromatic N) is 4. The van der Waals surface area contributed by atoms with E-state index in [1.54, 1.807) is 16.7 Å². The zero-order chi connectivity index (χ0) is 19.7. The molecule has 1 amide bonds. The van der Waals surface area contributed by atoms with Crippen LogP contribution in [0.2, 0.25) is 0 Å². The number of hydrogen-bond donors (Lipinski definition) is 1. The average molecular weight is 398 g/mol. The van der Waals surface area contributed by atoms with Crippen molar-refractivity contribution in [2.45, 2.75) is 55.6 Å². The largest absolute Gasteiger partial charge is 0.352 e. The molecule has 0 unspecified atom stereocenters. The molecule has 146 valence electrons. The number of hydrogen-bond acceptors (Lipinski definition) is 5. The van der Waals surface area contributed by atoms with Crippen LogP contribution in [-0.2, 0) is 11.3 Å². The van der Waals surface area contributed by atoms with Crippen molar-refractivity contribution in [2.24, 2.45) is 0 Å². The van der Waals surface area contributed by atoms with Gasteiger partial charge in [0.2, 0.25) is 11.7 Å². The van der Waals surface area contributed by atoms with E-state index in [1.165, 1.54) is 24.6 Å². The van der Waals surface area contributed by atoms with Crippen molar-refractivity contribution in [1.29, 1.82) is 0 Å². The van der Waals surface area contributed by atoms with Crippen LogP contribution in [0.5, 0.6) is 0 Å². The highest BCUT2D eigenvalue weighted by molar-refractivity contribution is 8.00. The number of carbonyl (C=O) groups excluding carboxylic acids is 1. The van der Waals surface area contributed by atoms with E-state index in [0.29, 0.717) is 22.9 Å². The summed E-state index contributed by atoms with van der Waals surface area (Å²) in [6.45, 7) is 5.95. The minimum Gasteiger partial charge on any atom is -0.352 e. The number of benzene rings is 1. The predicted octanol–water partition coefficient (Wildman–Crippen LogP) is 2.77. The summed E-state index contributed by atoms with van der Waals surface area (Å²) in [5, 5.41) is 12.5. The second kappa shape index (κ2) is 7.79. The lowest BCUT2D eigenvalue weighted by Crippen LogP contribution is -2.37. The van der Waals surface area contributed by atoms with E-state index in [-0.39, 0.29) is 22.8 Å². The van der Waals surface area contributed by atoms with E-state index in [4.69, 9.17) is 0 Å². The normalized spacial score (nSPS) is 15.9. The van der Waals surface area contributed by atoms with Crippen LogP contribution in [0.15, 0.2) is 46.9 Å². The summed E-state index contributed by atoms with van der Waals surface area (Å²) in [7, 11) is 0. The zero-order valence-electron chi connectivity index (χ0n) is 15.8. The number of carbonyl (C=O) groups is 1. The van der Waals surface area contributed by atoms with Crippen LogP contribution < -0.4 is 10.9 Å². The summed E-state index contributed by atoms with van der Waals surface area (Å²) in [5.74, 6) is 0.465. The molecule has 1 saturated carbocycles. The number of rotatable bonds is 6. The Morgan fingerprint density at radius 1 is 1.36 bits per heavy atom. The molecule has 4 rings (SSSR count). The first-order valence-electron chi connectivity index (χ1n) is 9.54. The first-order chi connectivity index (χ1) is 13.6. The van der Waals surface area contributed by atoms with Crippen LogP contribution in [0.3, 0.4) is 0 Å². The van der Waals surface area contributed by atoms with Crippen LogP contribution in [0.1, 0.15) is 32.6 Å². The summed E-state index contributed by atoms with van der Waals surface area (Å²) in [4.78, 5) is 25.4. The van der Waals surface area contributed by atoms with E-state index in [2.05, 4.69) is 22.1 Å². The molecule has 1 atom stereocenters. The molecule has 2 heterocycles. The Bertz CT molecular complexity index is 1100. The molecule has 8 heteroatoms. The highest BCUT2D eigenvalue weighted by atomic mass is 32.2. The third-order valence-electron chi connectivity index (χ3n) is 5.14. The topological polar surface area (TPSA) is 81.3 Å². The van der Waals surface area contributed by atoms with Gasteiger partial charge in [0.25, 0.3) is 5.56 Å². The van der Waals surface area contributed by atoms with Gasteiger partial charge in [0.05, 0.1) is 16.2 Å². The highest BCUT2D eigenvalue weighted by Crippen LogP contribution is 2.26. The molecular formula is C20H23N5O2S. The molecule has 1 fully saturated rings. The van der Waals surface area contributed by atoms with Crippen LogP contribution in [0.4, 0.5) is 0 Å². The third kappa shape index (κ3) is 3.32. The Morgan fingerprint density at radius 3 is 2.86 bits per heavy atom. The molecule has 1 aliphatic carbocycles. The van der Waals surface area contributed by atoms with Gasteiger partial charge in [0, 0.05) is 12.6 Å². The number of nitrogens with one attached hydrogen (secondary N) is 1. The van der Waals surface area contributed by atoms with Crippen molar-refractivity contribution in [3.8, 4) is 0 Å². The Labute approximate surface area is 166 Å². The monoisotopic (exact) mass is 397 g/mol. The Morgan fingerprint density at radius 2 is 2.11 bits per heavy atom. The number of para-hydroxylation sites is 1. The molecule has 1 aliphatic rings. The Kier molecular flexibility index (Phi) is 5.21. The van der Waals surface area contributed by atoms with Crippen LogP contribution >= 0.6 is 11.8 Å². The minimum atomic E-state index is -0.313. The van der Waals surface area contributed by atoms with Crippen molar-refractivity contribution in [2.75, 3.05) is 0 Å². The van der Waals surface area contributed by atoms with Crippen LogP contribution in [0, 0.1) is 0 Å². The molecule has 0 saturated heterocycles. The maximum absolute atomic E-state index is 12.8. The summed E-state index contributed by atoms with van der Waals surface area (Å²) < 4.78 is 3.40. The van der Waals surface area contributed by atoms with Crippen molar-refractivity contribution in [3.05, 3.63) is 47.3 Å². The molecule has 0 aliphatic heterocycles. The quantitative estimate of drug-likeness (QED) is 0.511. The number of amides is 1. The van der Waals surface area contributed by atoms with Gasteiger partial charge in [-0.1, -0.05) is 42.8 Å². The fourth-order valence-electron chi connectivity index (χ4n) is 3.70. The summed E-state index contributed by atoms with van der Waals surface area (Å²) in [5.41, 5.74) is 0.609. The van der Waals surface area contributed by atoms with E-state index < -0.39 is 0 Å². The Balaban J connectivity index is 1.72. The molecule has 28 heavy (non-hydrogen) atoms. The average Bonchev–Trinajstić information content (AvgIpc) is 3.35. The van der Waals surface area contributed by atoms with Crippen molar-refractivity contribution in [3.63, 3.8) is 0 Å². The fourth-order valence-corrected chi connectivity index (χ4v) is 4.57. The fraction of sp³-hybridized carbons (Fsp3) is 0.400. The standard InChI is InChI=1S/C20H23N5O2S/c1-3-12-24-18(27)15-10-6-7-11-16(15)25-19(24)22-23-20(25)28-13(2)17(26)21-14-8-4-5-9-14/h3,6-7,10-11,13-14H,1,4-5,8-9,12H2,2H3,(H,21,26)/t13-/m1/s1. The first-order valence-corrected chi connectivity index (χ1v) is 10.4. The number of fused-ring (bicyclic) bond motifs is 3. The van der Waals surface area contributed by atoms with Gasteiger partial charge in [-0.05, 0) is 31.9 Å². The van der Waals surface area contributed by atoms with Gasteiger partial charge >= 0.3 is 0 Å². The molecule has 2 aromatic heterocycles.